The smallest absolute Gasteiger partial charge is 0.344 e. The van der Waals surface area contributed by atoms with Gasteiger partial charge in [-0.3, -0.25) is 14.9 Å². The quantitative estimate of drug-likeness (QED) is 0.686. The predicted octanol–water partition coefficient (Wildman–Crippen LogP) is 2.04. The Morgan fingerprint density at radius 1 is 1.15 bits per heavy atom. The van der Waals surface area contributed by atoms with Gasteiger partial charge in [-0.25, -0.2) is 9.78 Å². The number of aryl methyl sites for hydroxylation is 2. The second-order valence-corrected chi connectivity index (χ2v) is 6.52. The monoisotopic (exact) mass is 392 g/mol. The molecular formula is C18H20N2O6S. The van der Waals surface area contributed by atoms with E-state index in [0.717, 1.165) is 22.5 Å². The summed E-state index contributed by atoms with van der Waals surface area (Å²) >= 11 is 1.16. The fraction of sp³-hybridized carbons (Fsp3) is 0.333. The first-order valence-corrected chi connectivity index (χ1v) is 8.92. The van der Waals surface area contributed by atoms with Crippen LogP contribution in [0.3, 0.4) is 0 Å². The van der Waals surface area contributed by atoms with E-state index < -0.39 is 24.5 Å². The topological polar surface area (TPSA) is 104 Å². The predicted molar refractivity (Wildman–Crippen MR) is 98.8 cm³/mol. The summed E-state index contributed by atoms with van der Waals surface area (Å²) in [4.78, 5) is 38.8. The molecule has 1 N–H and O–H groups in total. The second-order valence-electron chi connectivity index (χ2n) is 5.66. The number of aromatic nitrogens is 1. The summed E-state index contributed by atoms with van der Waals surface area (Å²) in [6, 6.07) is 5.66. The van der Waals surface area contributed by atoms with Crippen molar-refractivity contribution in [2.24, 2.45) is 0 Å². The lowest BCUT2D eigenvalue weighted by molar-refractivity contribution is -0.149. The maximum absolute atomic E-state index is 11.8. The largest absolute Gasteiger partial charge is 0.482 e. The Balaban J connectivity index is 1.74. The van der Waals surface area contributed by atoms with Gasteiger partial charge in [0.1, 0.15) is 5.75 Å². The van der Waals surface area contributed by atoms with Crippen LogP contribution in [0.2, 0.25) is 0 Å². The minimum absolute atomic E-state index is 0.0214. The fourth-order valence-corrected chi connectivity index (χ4v) is 2.73. The molecule has 1 amide bonds. The van der Waals surface area contributed by atoms with Gasteiger partial charge in [-0.05, 0) is 31.0 Å². The van der Waals surface area contributed by atoms with Crippen molar-refractivity contribution in [2.75, 3.05) is 25.6 Å². The second kappa shape index (κ2) is 9.67. The summed E-state index contributed by atoms with van der Waals surface area (Å²) in [6.07, 6.45) is 0.0214. The first-order valence-electron chi connectivity index (χ1n) is 8.04. The van der Waals surface area contributed by atoms with Crippen LogP contribution in [0.4, 0.5) is 5.13 Å². The van der Waals surface area contributed by atoms with Crippen LogP contribution in [0.1, 0.15) is 16.8 Å². The number of carbonyl (C=O) groups excluding carboxylic acids is 3. The van der Waals surface area contributed by atoms with E-state index in [1.807, 2.05) is 32.0 Å². The molecule has 0 radical (unpaired) electrons. The van der Waals surface area contributed by atoms with Gasteiger partial charge in [0.15, 0.2) is 18.3 Å². The molecule has 9 heteroatoms. The Bertz CT molecular complexity index is 833. The SMILES string of the molecule is COC(=O)Cc1csc(NC(=O)COC(=O)COc2cc(C)ccc2C)n1. The Labute approximate surface area is 160 Å². The van der Waals surface area contributed by atoms with Gasteiger partial charge in [-0.1, -0.05) is 12.1 Å². The normalized spacial score (nSPS) is 10.2. The van der Waals surface area contributed by atoms with E-state index in [9.17, 15) is 14.4 Å². The van der Waals surface area contributed by atoms with Crippen LogP contribution in [-0.4, -0.2) is 43.2 Å². The first-order chi connectivity index (χ1) is 12.9. The van der Waals surface area contributed by atoms with Crippen molar-refractivity contribution in [2.45, 2.75) is 20.3 Å². The Hall–Kier alpha value is -2.94. The van der Waals surface area contributed by atoms with Gasteiger partial charge >= 0.3 is 11.9 Å². The van der Waals surface area contributed by atoms with Crippen molar-refractivity contribution in [1.82, 2.24) is 4.98 Å². The lowest BCUT2D eigenvalue weighted by Gasteiger charge is -2.09. The molecule has 1 heterocycles. The van der Waals surface area contributed by atoms with Gasteiger partial charge < -0.3 is 14.2 Å². The molecule has 1 aromatic heterocycles. The molecule has 0 aliphatic rings. The number of ether oxygens (including phenoxy) is 3. The number of hydrogen-bond donors (Lipinski definition) is 1. The zero-order chi connectivity index (χ0) is 19.8. The third kappa shape index (κ3) is 6.70. The van der Waals surface area contributed by atoms with Gasteiger partial charge in [-0.15, -0.1) is 11.3 Å². The molecule has 1 aromatic carbocycles. The number of anilines is 1. The van der Waals surface area contributed by atoms with Gasteiger partial charge in [0.05, 0.1) is 19.2 Å². The Kier molecular flexibility index (Phi) is 7.30. The zero-order valence-corrected chi connectivity index (χ0v) is 16.1. The van der Waals surface area contributed by atoms with E-state index in [4.69, 9.17) is 9.47 Å². The number of benzene rings is 1. The van der Waals surface area contributed by atoms with Crippen molar-refractivity contribution in [3.63, 3.8) is 0 Å². The van der Waals surface area contributed by atoms with E-state index in [-0.39, 0.29) is 13.0 Å². The molecule has 0 fully saturated rings. The van der Waals surface area contributed by atoms with Crippen LogP contribution in [0.15, 0.2) is 23.6 Å². The summed E-state index contributed by atoms with van der Waals surface area (Å²) in [5.41, 5.74) is 2.40. The van der Waals surface area contributed by atoms with Crippen LogP contribution in [0.5, 0.6) is 5.75 Å². The van der Waals surface area contributed by atoms with Gasteiger partial charge in [0.25, 0.3) is 5.91 Å². The highest BCUT2D eigenvalue weighted by molar-refractivity contribution is 7.13. The number of amides is 1. The molecular weight excluding hydrogens is 372 g/mol. The van der Waals surface area contributed by atoms with Crippen molar-refractivity contribution in [3.05, 3.63) is 40.4 Å². The molecule has 8 nitrogen and oxygen atoms in total. The third-order valence-electron chi connectivity index (χ3n) is 3.40. The van der Waals surface area contributed by atoms with Crippen LogP contribution in [-0.2, 0) is 30.3 Å². The number of methoxy groups -OCH3 is 1. The molecule has 0 spiro atoms. The summed E-state index contributed by atoms with van der Waals surface area (Å²) in [5, 5.41) is 4.44. The van der Waals surface area contributed by atoms with E-state index in [1.165, 1.54) is 7.11 Å². The zero-order valence-electron chi connectivity index (χ0n) is 15.2. The first kappa shape index (κ1) is 20.4. The van der Waals surface area contributed by atoms with E-state index in [2.05, 4.69) is 15.0 Å². The lowest BCUT2D eigenvalue weighted by Crippen LogP contribution is -2.23. The number of nitrogens with one attached hydrogen (secondary N) is 1. The minimum atomic E-state index is -0.656. The standard InChI is InChI=1S/C18H20N2O6S/c1-11-4-5-12(2)14(6-11)25-9-17(23)26-8-15(21)20-18-19-13(10-27-18)7-16(22)24-3/h4-6,10H,7-9H2,1-3H3,(H,19,20,21). The summed E-state index contributed by atoms with van der Waals surface area (Å²) < 4.78 is 14.9. The summed E-state index contributed by atoms with van der Waals surface area (Å²) in [7, 11) is 1.29. The van der Waals surface area contributed by atoms with Crippen molar-refractivity contribution in [1.29, 1.82) is 0 Å². The molecule has 2 aromatic rings. The Morgan fingerprint density at radius 2 is 1.93 bits per heavy atom. The van der Waals surface area contributed by atoms with Crippen molar-refractivity contribution < 1.29 is 28.6 Å². The molecule has 27 heavy (non-hydrogen) atoms. The van der Waals surface area contributed by atoms with Crippen LogP contribution >= 0.6 is 11.3 Å². The number of nitrogens with zero attached hydrogens (tertiary/aromatic N) is 1. The molecule has 144 valence electrons. The number of thiazole rings is 1. The molecule has 2 rings (SSSR count). The molecule has 0 unspecified atom stereocenters. The number of carbonyl (C=O) groups is 3. The van der Waals surface area contributed by atoms with Crippen LogP contribution in [0.25, 0.3) is 0 Å². The molecule has 0 aliphatic carbocycles. The maximum Gasteiger partial charge on any atom is 0.344 e. The van der Waals surface area contributed by atoms with Crippen LogP contribution in [0, 0.1) is 13.8 Å². The highest BCUT2D eigenvalue weighted by Gasteiger charge is 2.12. The van der Waals surface area contributed by atoms with Crippen molar-refractivity contribution >= 4 is 34.3 Å². The van der Waals surface area contributed by atoms with Gasteiger partial charge in [0, 0.05) is 5.38 Å². The average Bonchev–Trinajstić information content (AvgIpc) is 3.07. The molecule has 0 atom stereocenters. The molecule has 0 saturated carbocycles. The number of esters is 2. The van der Waals surface area contributed by atoms with Gasteiger partial charge in [-0.2, -0.15) is 0 Å². The van der Waals surface area contributed by atoms with E-state index in [0.29, 0.717) is 16.6 Å². The average molecular weight is 392 g/mol. The van der Waals surface area contributed by atoms with Gasteiger partial charge in [0.2, 0.25) is 0 Å². The molecule has 0 bridgehead atoms. The minimum Gasteiger partial charge on any atom is -0.482 e. The highest BCUT2D eigenvalue weighted by Crippen LogP contribution is 2.19. The number of rotatable bonds is 8. The summed E-state index contributed by atoms with van der Waals surface area (Å²) in [5.74, 6) is -1.01. The number of hydrogen-bond acceptors (Lipinski definition) is 8. The third-order valence-corrected chi connectivity index (χ3v) is 4.21. The van der Waals surface area contributed by atoms with E-state index in [1.54, 1.807) is 5.38 Å². The van der Waals surface area contributed by atoms with E-state index >= 15 is 0 Å². The lowest BCUT2D eigenvalue weighted by atomic mass is 10.1. The fourth-order valence-electron chi connectivity index (χ4n) is 2.01. The maximum atomic E-state index is 11.8. The summed E-state index contributed by atoms with van der Waals surface area (Å²) in [6.45, 7) is 3.04. The van der Waals surface area contributed by atoms with Crippen LogP contribution < -0.4 is 10.1 Å². The molecule has 0 saturated heterocycles. The highest BCUT2D eigenvalue weighted by atomic mass is 32.1. The van der Waals surface area contributed by atoms with Crippen molar-refractivity contribution in [3.8, 4) is 5.75 Å². The Morgan fingerprint density at radius 3 is 2.67 bits per heavy atom. The molecule has 0 aliphatic heterocycles.